The van der Waals surface area contributed by atoms with Crippen molar-refractivity contribution in [2.75, 3.05) is 12.4 Å². The van der Waals surface area contributed by atoms with E-state index in [2.05, 4.69) is 5.32 Å². The van der Waals surface area contributed by atoms with Crippen molar-refractivity contribution in [3.05, 3.63) is 63.8 Å². The van der Waals surface area contributed by atoms with Crippen LogP contribution in [0.1, 0.15) is 26.4 Å². The Labute approximate surface area is 144 Å². The molecule has 24 heavy (non-hydrogen) atoms. The van der Waals surface area contributed by atoms with E-state index in [9.17, 15) is 9.18 Å². The van der Waals surface area contributed by atoms with E-state index in [1.165, 1.54) is 24.5 Å². The second-order valence-corrected chi connectivity index (χ2v) is 6.76. The average molecular weight is 343 g/mol. The Kier molecular flexibility index (Phi) is 4.64. The van der Waals surface area contributed by atoms with Gasteiger partial charge in [-0.3, -0.25) is 4.79 Å². The molecule has 0 spiro atoms. The zero-order valence-corrected chi connectivity index (χ0v) is 14.6. The lowest BCUT2D eigenvalue weighted by atomic mass is 10.1. The van der Waals surface area contributed by atoms with Crippen molar-refractivity contribution in [1.82, 2.24) is 0 Å². The lowest BCUT2D eigenvalue weighted by molar-refractivity contribution is 0.102. The summed E-state index contributed by atoms with van der Waals surface area (Å²) >= 11 is 1.28. The van der Waals surface area contributed by atoms with Crippen LogP contribution in [0.25, 0.3) is 10.1 Å². The first-order valence-corrected chi connectivity index (χ1v) is 8.40. The number of aryl methyl sites for hydroxylation is 2. The van der Waals surface area contributed by atoms with Crippen LogP contribution in [0.4, 0.5) is 10.1 Å². The Bertz CT molecular complexity index is 917. The number of hydrogen-bond donors (Lipinski definition) is 1. The van der Waals surface area contributed by atoms with Crippen LogP contribution in [0.15, 0.2) is 36.4 Å². The van der Waals surface area contributed by atoms with Gasteiger partial charge >= 0.3 is 0 Å². The highest BCUT2D eigenvalue weighted by Gasteiger charge is 2.20. The molecule has 0 atom stereocenters. The molecule has 0 bridgehead atoms. The van der Waals surface area contributed by atoms with Gasteiger partial charge in [-0.05, 0) is 49.2 Å². The van der Waals surface area contributed by atoms with Crippen LogP contribution in [-0.2, 0) is 11.3 Å². The Morgan fingerprint density at radius 2 is 2.00 bits per heavy atom. The fourth-order valence-corrected chi connectivity index (χ4v) is 3.76. The molecule has 0 unspecified atom stereocenters. The monoisotopic (exact) mass is 343 g/mol. The van der Waals surface area contributed by atoms with Crippen LogP contribution in [0, 0.1) is 19.7 Å². The number of amides is 1. The fraction of sp³-hybridized carbons (Fsp3) is 0.211. The number of benzene rings is 2. The maximum absolute atomic E-state index is 14.2. The summed E-state index contributed by atoms with van der Waals surface area (Å²) in [5.41, 5.74) is 3.59. The van der Waals surface area contributed by atoms with E-state index in [1.54, 1.807) is 6.07 Å². The van der Waals surface area contributed by atoms with Crippen molar-refractivity contribution in [3.8, 4) is 0 Å². The number of halogens is 1. The number of thiophene rings is 1. The van der Waals surface area contributed by atoms with Gasteiger partial charge in [0, 0.05) is 28.4 Å². The predicted octanol–water partition coefficient (Wildman–Crippen LogP) is 5.06. The number of carbonyl (C=O) groups excluding carboxylic acids is 1. The van der Waals surface area contributed by atoms with Gasteiger partial charge in [0.05, 0.1) is 11.5 Å². The molecule has 3 aromatic rings. The first-order chi connectivity index (χ1) is 11.5. The molecule has 0 aliphatic carbocycles. The molecular formula is C19H18FNO2S. The summed E-state index contributed by atoms with van der Waals surface area (Å²) in [6.07, 6.45) is 0. The van der Waals surface area contributed by atoms with E-state index in [-0.39, 0.29) is 18.3 Å². The number of nitrogens with one attached hydrogen (secondary N) is 1. The molecule has 3 nitrogen and oxygen atoms in total. The molecule has 0 saturated carbocycles. The summed E-state index contributed by atoms with van der Waals surface area (Å²) < 4.78 is 20.1. The van der Waals surface area contributed by atoms with E-state index >= 15 is 0 Å². The zero-order valence-electron chi connectivity index (χ0n) is 13.8. The van der Waals surface area contributed by atoms with Gasteiger partial charge in [0.15, 0.2) is 0 Å². The number of fused-ring (bicyclic) bond motifs is 1. The number of rotatable bonds is 4. The number of ether oxygens (including phenoxy) is 1. The van der Waals surface area contributed by atoms with Crippen LogP contribution in [0.2, 0.25) is 0 Å². The van der Waals surface area contributed by atoms with Gasteiger partial charge < -0.3 is 10.1 Å². The SMILES string of the molecule is COCc1c(C(=O)Nc2ccc(C)c(C)c2)sc2cccc(F)c12. The standard InChI is InChI=1S/C19H18FNO2S/c1-11-7-8-13(9-12(11)2)21-19(22)18-14(10-23-3)17-15(20)5-4-6-16(17)24-18/h4-9H,10H2,1-3H3,(H,21,22). The van der Waals surface area contributed by atoms with E-state index in [0.29, 0.717) is 15.8 Å². The minimum Gasteiger partial charge on any atom is -0.380 e. The molecule has 5 heteroatoms. The van der Waals surface area contributed by atoms with Crippen LogP contribution in [0.3, 0.4) is 0 Å². The molecule has 0 fully saturated rings. The summed E-state index contributed by atoms with van der Waals surface area (Å²) in [5, 5.41) is 3.37. The molecule has 0 aliphatic heterocycles. The number of methoxy groups -OCH3 is 1. The highest BCUT2D eigenvalue weighted by atomic mass is 32.1. The Morgan fingerprint density at radius 1 is 1.21 bits per heavy atom. The molecule has 124 valence electrons. The fourth-order valence-electron chi connectivity index (χ4n) is 2.64. The van der Waals surface area contributed by atoms with Gasteiger partial charge in [0.2, 0.25) is 0 Å². The third-order valence-corrected chi connectivity index (χ3v) is 5.22. The molecule has 3 rings (SSSR count). The minimum absolute atomic E-state index is 0.191. The van der Waals surface area contributed by atoms with Crippen molar-refractivity contribution < 1.29 is 13.9 Å². The van der Waals surface area contributed by atoms with E-state index in [0.717, 1.165) is 21.5 Å². The summed E-state index contributed by atoms with van der Waals surface area (Å²) in [4.78, 5) is 13.2. The van der Waals surface area contributed by atoms with Crippen LogP contribution >= 0.6 is 11.3 Å². The second kappa shape index (κ2) is 6.71. The number of hydrogen-bond acceptors (Lipinski definition) is 3. The van der Waals surface area contributed by atoms with Gasteiger partial charge in [-0.15, -0.1) is 11.3 Å². The summed E-state index contributed by atoms with van der Waals surface area (Å²) in [6.45, 7) is 4.21. The van der Waals surface area contributed by atoms with Gasteiger partial charge in [-0.1, -0.05) is 12.1 Å². The van der Waals surface area contributed by atoms with E-state index < -0.39 is 0 Å². The summed E-state index contributed by atoms with van der Waals surface area (Å²) in [6, 6.07) is 10.6. The highest BCUT2D eigenvalue weighted by Crippen LogP contribution is 2.34. The van der Waals surface area contributed by atoms with Crippen molar-refractivity contribution in [2.24, 2.45) is 0 Å². The smallest absolute Gasteiger partial charge is 0.266 e. The number of anilines is 1. The summed E-state index contributed by atoms with van der Waals surface area (Å²) in [7, 11) is 1.54. The van der Waals surface area contributed by atoms with E-state index in [1.807, 2.05) is 38.1 Å². The molecule has 0 aliphatic rings. The lowest BCUT2D eigenvalue weighted by Crippen LogP contribution is -2.12. The summed E-state index contributed by atoms with van der Waals surface area (Å²) in [5.74, 6) is -0.577. The third-order valence-electron chi connectivity index (χ3n) is 4.02. The zero-order chi connectivity index (χ0) is 17.3. The van der Waals surface area contributed by atoms with Gasteiger partial charge in [0.25, 0.3) is 5.91 Å². The second-order valence-electron chi connectivity index (χ2n) is 5.71. The van der Waals surface area contributed by atoms with Crippen molar-refractivity contribution in [3.63, 3.8) is 0 Å². The van der Waals surface area contributed by atoms with Crippen molar-refractivity contribution in [1.29, 1.82) is 0 Å². The third kappa shape index (κ3) is 3.05. The molecule has 1 amide bonds. The molecule has 1 N–H and O–H groups in total. The highest BCUT2D eigenvalue weighted by molar-refractivity contribution is 7.21. The first kappa shape index (κ1) is 16.6. The van der Waals surface area contributed by atoms with Crippen LogP contribution in [-0.4, -0.2) is 13.0 Å². The Morgan fingerprint density at radius 3 is 2.71 bits per heavy atom. The molecule has 1 heterocycles. The van der Waals surface area contributed by atoms with Crippen LogP contribution < -0.4 is 5.32 Å². The van der Waals surface area contributed by atoms with Crippen molar-refractivity contribution >= 4 is 33.0 Å². The topological polar surface area (TPSA) is 38.3 Å². The normalized spacial score (nSPS) is 11.0. The van der Waals surface area contributed by atoms with Gasteiger partial charge in [0.1, 0.15) is 5.82 Å². The average Bonchev–Trinajstić information content (AvgIpc) is 2.91. The molecule has 0 radical (unpaired) electrons. The Hall–Kier alpha value is -2.24. The molecule has 0 saturated heterocycles. The number of carbonyl (C=O) groups is 1. The van der Waals surface area contributed by atoms with Gasteiger partial charge in [-0.2, -0.15) is 0 Å². The molecule has 2 aromatic carbocycles. The lowest BCUT2D eigenvalue weighted by Gasteiger charge is -2.08. The molecule has 1 aromatic heterocycles. The maximum atomic E-state index is 14.2. The van der Waals surface area contributed by atoms with Gasteiger partial charge in [-0.25, -0.2) is 4.39 Å². The van der Waals surface area contributed by atoms with E-state index in [4.69, 9.17) is 4.74 Å². The largest absolute Gasteiger partial charge is 0.380 e. The molecular weight excluding hydrogens is 325 g/mol. The maximum Gasteiger partial charge on any atom is 0.266 e. The Balaban J connectivity index is 2.01. The van der Waals surface area contributed by atoms with Crippen molar-refractivity contribution in [2.45, 2.75) is 20.5 Å². The quantitative estimate of drug-likeness (QED) is 0.719. The first-order valence-electron chi connectivity index (χ1n) is 7.58. The van der Waals surface area contributed by atoms with Crippen LogP contribution in [0.5, 0.6) is 0 Å². The predicted molar refractivity (Wildman–Crippen MR) is 96.4 cm³/mol. The minimum atomic E-state index is -0.332.